The third-order valence-electron chi connectivity index (χ3n) is 5.63. The summed E-state index contributed by atoms with van der Waals surface area (Å²) in [7, 11) is 0. The summed E-state index contributed by atoms with van der Waals surface area (Å²) >= 11 is 0. The molecule has 4 nitrogen and oxygen atoms in total. The molecular formula is C24H24N2O2. The topological polar surface area (TPSA) is 49.4 Å². The number of anilines is 1. The number of carbonyl (C=O) groups is 2. The van der Waals surface area contributed by atoms with Gasteiger partial charge in [-0.1, -0.05) is 49.4 Å². The van der Waals surface area contributed by atoms with Crippen LogP contribution < -0.4 is 10.2 Å². The number of hydrogen-bond donors (Lipinski definition) is 1. The number of aryl methyl sites for hydroxylation is 2. The van der Waals surface area contributed by atoms with Crippen molar-refractivity contribution in [2.24, 2.45) is 0 Å². The molecule has 0 fully saturated rings. The highest BCUT2D eigenvalue weighted by Crippen LogP contribution is 2.36. The number of nitrogens with zero attached hydrogens (tertiary/aromatic N) is 1. The predicted octanol–water partition coefficient (Wildman–Crippen LogP) is 4.68. The first-order valence-electron chi connectivity index (χ1n) is 9.69. The molecule has 4 heteroatoms. The molecule has 0 aromatic heterocycles. The normalized spacial score (nSPS) is 13.8. The van der Waals surface area contributed by atoms with E-state index in [4.69, 9.17) is 0 Å². The molecule has 0 bridgehead atoms. The summed E-state index contributed by atoms with van der Waals surface area (Å²) in [6.07, 6.45) is 0.790. The molecule has 1 aliphatic heterocycles. The molecule has 1 atom stereocenters. The Morgan fingerprint density at radius 3 is 2.50 bits per heavy atom. The van der Waals surface area contributed by atoms with Gasteiger partial charge >= 0.3 is 0 Å². The number of hydrogen-bond acceptors (Lipinski definition) is 2. The van der Waals surface area contributed by atoms with Crippen molar-refractivity contribution in [2.75, 3.05) is 11.4 Å². The molecule has 0 saturated heterocycles. The second-order valence-electron chi connectivity index (χ2n) is 7.44. The zero-order chi connectivity index (χ0) is 19.8. The average molecular weight is 372 g/mol. The summed E-state index contributed by atoms with van der Waals surface area (Å²) in [6.45, 7) is 6.23. The first-order chi connectivity index (χ1) is 13.5. The van der Waals surface area contributed by atoms with Gasteiger partial charge in [-0.3, -0.25) is 14.5 Å². The summed E-state index contributed by atoms with van der Waals surface area (Å²) < 4.78 is 0. The largest absolute Gasteiger partial charge is 0.348 e. The third kappa shape index (κ3) is 3.05. The maximum atomic E-state index is 12.9. The number of rotatable bonds is 5. The molecule has 0 spiro atoms. The van der Waals surface area contributed by atoms with Gasteiger partial charge in [-0.2, -0.15) is 0 Å². The lowest BCUT2D eigenvalue weighted by atomic mass is 9.99. The molecule has 0 radical (unpaired) electrons. The summed E-state index contributed by atoms with van der Waals surface area (Å²) in [4.78, 5) is 27.3. The predicted molar refractivity (Wildman–Crippen MR) is 113 cm³/mol. The fourth-order valence-corrected chi connectivity index (χ4v) is 3.92. The van der Waals surface area contributed by atoms with Gasteiger partial charge in [0.2, 0.25) is 5.91 Å². The van der Waals surface area contributed by atoms with Gasteiger partial charge in [0.15, 0.2) is 0 Å². The Balaban J connectivity index is 1.55. The summed E-state index contributed by atoms with van der Waals surface area (Å²) in [6, 6.07) is 17.7. The van der Waals surface area contributed by atoms with Crippen molar-refractivity contribution >= 4 is 28.3 Å². The van der Waals surface area contributed by atoms with Crippen molar-refractivity contribution in [1.82, 2.24) is 5.32 Å². The SMILES string of the molecule is CC[C@H](NC(=O)CN1C(=O)c2cccc3cccc1c23)c1ccc(C)c(C)c1. The highest BCUT2D eigenvalue weighted by Gasteiger charge is 2.31. The Hall–Kier alpha value is -3.14. The Labute approximate surface area is 165 Å². The molecule has 0 unspecified atom stereocenters. The molecule has 1 N–H and O–H groups in total. The van der Waals surface area contributed by atoms with Crippen molar-refractivity contribution in [3.05, 3.63) is 76.9 Å². The second-order valence-corrected chi connectivity index (χ2v) is 7.44. The minimum absolute atomic E-state index is 0.0218. The quantitative estimate of drug-likeness (QED) is 0.707. The lowest BCUT2D eigenvalue weighted by Gasteiger charge is -2.22. The van der Waals surface area contributed by atoms with Crippen LogP contribution in [-0.4, -0.2) is 18.4 Å². The van der Waals surface area contributed by atoms with Gasteiger partial charge in [-0.05, 0) is 54.5 Å². The molecule has 2 amide bonds. The van der Waals surface area contributed by atoms with Gasteiger partial charge in [-0.15, -0.1) is 0 Å². The minimum Gasteiger partial charge on any atom is -0.348 e. The molecule has 1 heterocycles. The van der Waals surface area contributed by atoms with Crippen molar-refractivity contribution in [3.63, 3.8) is 0 Å². The van der Waals surface area contributed by atoms with Crippen LogP contribution in [0.4, 0.5) is 5.69 Å². The minimum atomic E-state index is -0.150. The molecule has 0 aliphatic carbocycles. The first kappa shape index (κ1) is 18.2. The maximum Gasteiger partial charge on any atom is 0.259 e. The van der Waals surface area contributed by atoms with Crippen LogP contribution in [0.3, 0.4) is 0 Å². The first-order valence-corrected chi connectivity index (χ1v) is 9.69. The van der Waals surface area contributed by atoms with Gasteiger partial charge in [0.05, 0.1) is 11.7 Å². The molecule has 142 valence electrons. The van der Waals surface area contributed by atoms with E-state index >= 15 is 0 Å². The van der Waals surface area contributed by atoms with E-state index in [0.717, 1.165) is 28.4 Å². The van der Waals surface area contributed by atoms with Gasteiger partial charge in [0.25, 0.3) is 5.91 Å². The zero-order valence-electron chi connectivity index (χ0n) is 16.5. The molecule has 28 heavy (non-hydrogen) atoms. The standard InChI is InChI=1S/C24H24N2O2/c1-4-20(18-12-11-15(2)16(3)13-18)25-22(27)14-26-21-10-6-8-17-7-5-9-19(23(17)21)24(26)28/h5-13,20H,4,14H2,1-3H3,(H,25,27)/t20-/m0/s1. The molecule has 0 saturated carbocycles. The lowest BCUT2D eigenvalue weighted by Crippen LogP contribution is -2.40. The Bertz CT molecular complexity index is 1080. The molecular weight excluding hydrogens is 348 g/mol. The fourth-order valence-electron chi connectivity index (χ4n) is 3.92. The molecule has 3 aromatic carbocycles. The van der Waals surface area contributed by atoms with Crippen LogP contribution in [-0.2, 0) is 4.79 Å². The van der Waals surface area contributed by atoms with Crippen molar-refractivity contribution in [1.29, 1.82) is 0 Å². The molecule has 1 aliphatic rings. The van der Waals surface area contributed by atoms with Crippen LogP contribution in [0, 0.1) is 13.8 Å². The van der Waals surface area contributed by atoms with Crippen molar-refractivity contribution in [3.8, 4) is 0 Å². The van der Waals surface area contributed by atoms with Gasteiger partial charge in [-0.25, -0.2) is 0 Å². The van der Waals surface area contributed by atoms with E-state index < -0.39 is 0 Å². The second kappa shape index (κ2) is 7.12. The monoisotopic (exact) mass is 372 g/mol. The van der Waals surface area contributed by atoms with E-state index in [-0.39, 0.29) is 24.4 Å². The van der Waals surface area contributed by atoms with E-state index in [9.17, 15) is 9.59 Å². The van der Waals surface area contributed by atoms with E-state index in [2.05, 4.69) is 44.3 Å². The van der Waals surface area contributed by atoms with E-state index in [1.807, 2.05) is 36.4 Å². The van der Waals surface area contributed by atoms with Gasteiger partial charge in [0, 0.05) is 10.9 Å². The van der Waals surface area contributed by atoms with Crippen LogP contribution >= 0.6 is 0 Å². The van der Waals surface area contributed by atoms with E-state index in [1.54, 1.807) is 4.90 Å². The Morgan fingerprint density at radius 1 is 1.04 bits per heavy atom. The highest BCUT2D eigenvalue weighted by molar-refractivity contribution is 6.26. The van der Waals surface area contributed by atoms with Crippen LogP contribution in [0.15, 0.2) is 54.6 Å². The number of nitrogens with one attached hydrogen (secondary N) is 1. The van der Waals surface area contributed by atoms with E-state index in [1.165, 1.54) is 11.1 Å². The third-order valence-corrected chi connectivity index (χ3v) is 5.63. The van der Waals surface area contributed by atoms with Gasteiger partial charge < -0.3 is 5.32 Å². The number of amides is 2. The maximum absolute atomic E-state index is 12.9. The number of benzene rings is 3. The van der Waals surface area contributed by atoms with E-state index in [0.29, 0.717) is 5.56 Å². The summed E-state index contributed by atoms with van der Waals surface area (Å²) in [5.74, 6) is -0.260. The lowest BCUT2D eigenvalue weighted by molar-refractivity contribution is -0.120. The van der Waals surface area contributed by atoms with Crippen LogP contribution in [0.25, 0.3) is 10.8 Å². The van der Waals surface area contributed by atoms with Crippen molar-refractivity contribution < 1.29 is 9.59 Å². The molecule has 4 rings (SSSR count). The summed E-state index contributed by atoms with van der Waals surface area (Å²) in [5.41, 5.74) is 5.02. The average Bonchev–Trinajstić information content (AvgIpc) is 2.96. The Kier molecular flexibility index (Phi) is 4.63. The zero-order valence-corrected chi connectivity index (χ0v) is 16.5. The fraction of sp³-hybridized carbons (Fsp3) is 0.250. The summed E-state index contributed by atoms with van der Waals surface area (Å²) in [5, 5.41) is 5.06. The van der Waals surface area contributed by atoms with Crippen LogP contribution in [0.2, 0.25) is 0 Å². The van der Waals surface area contributed by atoms with Crippen LogP contribution in [0.1, 0.15) is 46.4 Å². The Morgan fingerprint density at radius 2 is 1.79 bits per heavy atom. The smallest absolute Gasteiger partial charge is 0.259 e. The number of carbonyl (C=O) groups excluding carboxylic acids is 2. The van der Waals surface area contributed by atoms with Gasteiger partial charge in [0.1, 0.15) is 6.54 Å². The highest BCUT2D eigenvalue weighted by atomic mass is 16.2. The van der Waals surface area contributed by atoms with Crippen molar-refractivity contribution in [2.45, 2.75) is 33.2 Å². The van der Waals surface area contributed by atoms with Crippen LogP contribution in [0.5, 0.6) is 0 Å². The molecule has 3 aromatic rings.